The molecule has 2 aromatic rings. The van der Waals surface area contributed by atoms with E-state index in [4.69, 9.17) is 4.74 Å². The predicted octanol–water partition coefficient (Wildman–Crippen LogP) is 4.70. The Balaban J connectivity index is 1.67. The molecule has 1 aromatic heterocycles. The van der Waals surface area contributed by atoms with E-state index in [-0.39, 0.29) is 12.0 Å². The van der Waals surface area contributed by atoms with Gasteiger partial charge in [0.1, 0.15) is 5.60 Å². The number of amides is 2. The molecule has 0 spiro atoms. The Morgan fingerprint density at radius 2 is 1.74 bits per heavy atom. The number of carbonyl (C=O) groups excluding carboxylic acids is 2. The number of carbonyl (C=O) groups is 2. The number of nitrogens with zero attached hydrogens (tertiary/aromatic N) is 2. The Morgan fingerprint density at radius 1 is 1.06 bits per heavy atom. The lowest BCUT2D eigenvalue weighted by Crippen LogP contribution is -2.40. The molecule has 0 saturated carbocycles. The van der Waals surface area contributed by atoms with Gasteiger partial charge in [0, 0.05) is 31.0 Å². The third-order valence-corrected chi connectivity index (χ3v) is 5.34. The van der Waals surface area contributed by atoms with E-state index in [1.165, 1.54) is 0 Å². The van der Waals surface area contributed by atoms with Crippen LogP contribution in [0.3, 0.4) is 0 Å². The van der Waals surface area contributed by atoms with Gasteiger partial charge < -0.3 is 19.5 Å². The molecule has 6 nitrogen and oxygen atoms in total. The Morgan fingerprint density at radius 3 is 2.32 bits per heavy atom. The summed E-state index contributed by atoms with van der Waals surface area (Å²) in [4.78, 5) is 27.0. The Labute approximate surface area is 184 Å². The molecule has 3 rings (SSSR count). The Bertz CT molecular complexity index is 992. The Hall–Kier alpha value is -3.02. The normalized spacial score (nSPS) is 14.3. The molecule has 0 saturated heterocycles. The van der Waals surface area contributed by atoms with Gasteiger partial charge in [0.05, 0.1) is 11.3 Å². The molecule has 1 aliphatic heterocycles. The first-order valence-electron chi connectivity index (χ1n) is 10.7. The summed E-state index contributed by atoms with van der Waals surface area (Å²) in [5.74, 6) is -0.0957. The summed E-state index contributed by atoms with van der Waals surface area (Å²) in [6, 6.07) is 10.1. The Kier molecular flexibility index (Phi) is 6.58. The van der Waals surface area contributed by atoms with E-state index in [2.05, 4.69) is 22.0 Å². The molecule has 0 radical (unpaired) electrons. The molecule has 166 valence electrons. The zero-order valence-corrected chi connectivity index (χ0v) is 19.4. The molecule has 1 N–H and O–H groups in total. The highest BCUT2D eigenvalue weighted by Gasteiger charge is 2.24. The standard InChI is InChI=1S/C25H33N3O3/c1-17-7-10-22(28-18(2)8-9-19(28)3)21(15-17)23(29)26-16-20-11-13-27(14-12-20)24(30)31-25(4,5)6/h7-11,15H,12-14,16H2,1-6H3,(H,26,29). The van der Waals surface area contributed by atoms with Crippen LogP contribution in [-0.4, -0.2) is 46.7 Å². The number of hydrogen-bond donors (Lipinski definition) is 1. The maximum Gasteiger partial charge on any atom is 0.410 e. The van der Waals surface area contributed by atoms with Gasteiger partial charge in [-0.05, 0) is 72.2 Å². The monoisotopic (exact) mass is 423 g/mol. The van der Waals surface area contributed by atoms with Crippen LogP contribution < -0.4 is 5.32 Å². The number of aromatic nitrogens is 1. The maximum atomic E-state index is 13.1. The highest BCUT2D eigenvalue weighted by Crippen LogP contribution is 2.22. The number of nitrogens with one attached hydrogen (secondary N) is 1. The first kappa shape index (κ1) is 22.7. The lowest BCUT2D eigenvalue weighted by Gasteiger charge is -2.29. The largest absolute Gasteiger partial charge is 0.444 e. The third kappa shape index (κ3) is 5.57. The molecular weight excluding hydrogens is 390 g/mol. The molecule has 0 aliphatic carbocycles. The number of rotatable bonds is 4. The van der Waals surface area contributed by atoms with Gasteiger partial charge in [-0.2, -0.15) is 0 Å². The van der Waals surface area contributed by atoms with Crippen LogP contribution in [0.2, 0.25) is 0 Å². The third-order valence-electron chi connectivity index (χ3n) is 5.34. The summed E-state index contributed by atoms with van der Waals surface area (Å²) in [7, 11) is 0. The fourth-order valence-electron chi connectivity index (χ4n) is 3.73. The van der Waals surface area contributed by atoms with E-state index >= 15 is 0 Å². The van der Waals surface area contributed by atoms with Gasteiger partial charge in [0.2, 0.25) is 0 Å². The molecule has 2 heterocycles. The predicted molar refractivity (Wildman–Crippen MR) is 123 cm³/mol. The number of benzene rings is 1. The molecule has 1 aliphatic rings. The molecule has 31 heavy (non-hydrogen) atoms. The van der Waals surface area contributed by atoms with Crippen molar-refractivity contribution in [3.8, 4) is 5.69 Å². The van der Waals surface area contributed by atoms with Crippen molar-refractivity contribution >= 4 is 12.0 Å². The highest BCUT2D eigenvalue weighted by atomic mass is 16.6. The van der Waals surface area contributed by atoms with E-state index < -0.39 is 5.60 Å². The summed E-state index contributed by atoms with van der Waals surface area (Å²) >= 11 is 0. The quantitative estimate of drug-likeness (QED) is 0.725. The first-order valence-corrected chi connectivity index (χ1v) is 10.7. The number of aryl methyl sites for hydroxylation is 3. The summed E-state index contributed by atoms with van der Waals surface area (Å²) in [6.07, 6.45) is 2.43. The van der Waals surface area contributed by atoms with Crippen LogP contribution >= 0.6 is 0 Å². The second-order valence-electron chi connectivity index (χ2n) is 9.19. The van der Waals surface area contributed by atoms with E-state index in [9.17, 15) is 9.59 Å². The van der Waals surface area contributed by atoms with E-state index in [1.807, 2.05) is 65.8 Å². The molecule has 0 atom stereocenters. The van der Waals surface area contributed by atoms with Crippen molar-refractivity contribution in [1.82, 2.24) is 14.8 Å². The minimum atomic E-state index is -0.503. The topological polar surface area (TPSA) is 63.6 Å². The van der Waals surface area contributed by atoms with Crippen LogP contribution in [-0.2, 0) is 4.74 Å². The van der Waals surface area contributed by atoms with Gasteiger partial charge in [0.15, 0.2) is 0 Å². The summed E-state index contributed by atoms with van der Waals surface area (Å²) in [5, 5.41) is 3.06. The minimum absolute atomic E-state index is 0.0957. The molecule has 2 amide bonds. The molecule has 0 fully saturated rings. The van der Waals surface area contributed by atoms with Crippen LogP contribution in [0.1, 0.15) is 54.5 Å². The average molecular weight is 424 g/mol. The van der Waals surface area contributed by atoms with Crippen molar-refractivity contribution < 1.29 is 14.3 Å². The van der Waals surface area contributed by atoms with Gasteiger partial charge in [-0.1, -0.05) is 23.3 Å². The van der Waals surface area contributed by atoms with Crippen LogP contribution in [0, 0.1) is 20.8 Å². The van der Waals surface area contributed by atoms with Crippen LogP contribution in [0.4, 0.5) is 4.79 Å². The maximum absolute atomic E-state index is 13.1. The van der Waals surface area contributed by atoms with Gasteiger partial charge in [-0.25, -0.2) is 4.79 Å². The second-order valence-corrected chi connectivity index (χ2v) is 9.19. The molecule has 1 aromatic carbocycles. The van der Waals surface area contributed by atoms with E-state index in [0.29, 0.717) is 25.2 Å². The van der Waals surface area contributed by atoms with Crippen molar-refractivity contribution in [2.24, 2.45) is 0 Å². The van der Waals surface area contributed by atoms with Gasteiger partial charge in [-0.15, -0.1) is 0 Å². The first-order chi connectivity index (χ1) is 14.5. The van der Waals surface area contributed by atoms with Crippen molar-refractivity contribution in [2.45, 2.75) is 53.6 Å². The highest BCUT2D eigenvalue weighted by molar-refractivity contribution is 5.98. The molecule has 6 heteroatoms. The smallest absolute Gasteiger partial charge is 0.410 e. The van der Waals surface area contributed by atoms with Crippen molar-refractivity contribution in [1.29, 1.82) is 0 Å². The van der Waals surface area contributed by atoms with E-state index in [1.54, 1.807) is 4.90 Å². The molecule has 0 unspecified atom stereocenters. The van der Waals surface area contributed by atoms with Crippen LogP contribution in [0.25, 0.3) is 5.69 Å². The SMILES string of the molecule is Cc1ccc(-n2c(C)ccc2C)c(C(=O)NCC2=CCN(C(=O)OC(C)(C)C)CC2)c1. The molecule has 0 bridgehead atoms. The lowest BCUT2D eigenvalue weighted by molar-refractivity contribution is 0.0265. The van der Waals surface area contributed by atoms with Crippen LogP contribution in [0.15, 0.2) is 42.0 Å². The van der Waals surface area contributed by atoms with Crippen molar-refractivity contribution in [3.63, 3.8) is 0 Å². The number of ether oxygens (including phenoxy) is 1. The van der Waals surface area contributed by atoms with Crippen molar-refractivity contribution in [2.75, 3.05) is 19.6 Å². The second kappa shape index (κ2) is 9.00. The zero-order valence-electron chi connectivity index (χ0n) is 19.4. The van der Waals surface area contributed by atoms with Crippen molar-refractivity contribution in [3.05, 3.63) is 64.5 Å². The van der Waals surface area contributed by atoms with Gasteiger partial charge in [-0.3, -0.25) is 4.79 Å². The van der Waals surface area contributed by atoms with E-state index in [0.717, 1.165) is 34.6 Å². The number of hydrogen-bond acceptors (Lipinski definition) is 3. The fourth-order valence-corrected chi connectivity index (χ4v) is 3.73. The van der Waals surface area contributed by atoms with Gasteiger partial charge >= 0.3 is 6.09 Å². The summed E-state index contributed by atoms with van der Waals surface area (Å²) in [5.41, 5.74) is 5.39. The summed E-state index contributed by atoms with van der Waals surface area (Å²) < 4.78 is 7.54. The zero-order chi connectivity index (χ0) is 22.8. The lowest BCUT2D eigenvalue weighted by atomic mass is 10.1. The molecular formula is C25H33N3O3. The minimum Gasteiger partial charge on any atom is -0.444 e. The van der Waals surface area contributed by atoms with Crippen LogP contribution in [0.5, 0.6) is 0 Å². The van der Waals surface area contributed by atoms with Gasteiger partial charge in [0.25, 0.3) is 5.91 Å². The summed E-state index contributed by atoms with van der Waals surface area (Å²) in [6.45, 7) is 13.2. The fraction of sp³-hybridized carbons (Fsp3) is 0.440. The average Bonchev–Trinajstić information content (AvgIpc) is 3.03.